The molecule has 3 heterocycles. The Morgan fingerprint density at radius 2 is 1.45 bits per heavy atom. The fraction of sp³-hybridized carbons (Fsp3) is 0.207. The average Bonchev–Trinajstić information content (AvgIpc) is 3.49. The van der Waals surface area contributed by atoms with Crippen molar-refractivity contribution in [3.63, 3.8) is 0 Å². The molecule has 1 aliphatic heterocycles. The van der Waals surface area contributed by atoms with Crippen molar-refractivity contribution in [2.24, 2.45) is 4.99 Å². The summed E-state index contributed by atoms with van der Waals surface area (Å²) in [6.45, 7) is 5.93. The molecule has 40 heavy (non-hydrogen) atoms. The van der Waals surface area contributed by atoms with Gasteiger partial charge in [0, 0.05) is 54.6 Å². The summed E-state index contributed by atoms with van der Waals surface area (Å²) in [7, 11) is 0. The number of piperazine rings is 1. The summed E-state index contributed by atoms with van der Waals surface area (Å²) in [5, 5.41) is 10.1. The van der Waals surface area contributed by atoms with Crippen LogP contribution in [0.4, 0.5) is 23.0 Å². The van der Waals surface area contributed by atoms with Gasteiger partial charge in [-0.15, -0.1) is 0 Å². The van der Waals surface area contributed by atoms with Crippen molar-refractivity contribution in [3.05, 3.63) is 96.2 Å². The van der Waals surface area contributed by atoms with E-state index in [0.717, 1.165) is 28.5 Å². The van der Waals surface area contributed by atoms with E-state index in [-0.39, 0.29) is 11.0 Å². The molecule has 0 aliphatic carbocycles. The van der Waals surface area contributed by atoms with Crippen LogP contribution >= 0.6 is 12.2 Å². The number of guanidine groups is 1. The largest absolute Gasteiger partial charge is 0.459 e. The molecule has 0 unspecified atom stereocenters. The summed E-state index contributed by atoms with van der Waals surface area (Å²) in [4.78, 5) is 30.2. The molecular formula is C29H30N8O2S. The van der Waals surface area contributed by atoms with E-state index >= 15 is 0 Å². The second-order valence-electron chi connectivity index (χ2n) is 9.29. The van der Waals surface area contributed by atoms with Crippen LogP contribution < -0.4 is 16.0 Å². The lowest BCUT2D eigenvalue weighted by molar-refractivity contribution is 0.0660. The lowest BCUT2D eigenvalue weighted by Crippen LogP contribution is -2.52. The summed E-state index contributed by atoms with van der Waals surface area (Å²) in [6.07, 6.45) is 1.50. The van der Waals surface area contributed by atoms with Gasteiger partial charge in [0.05, 0.1) is 6.26 Å². The number of amides is 1. The number of benzene rings is 2. The molecule has 204 valence electrons. The maximum atomic E-state index is 12.7. The van der Waals surface area contributed by atoms with Crippen molar-refractivity contribution in [2.45, 2.75) is 13.8 Å². The Morgan fingerprint density at radius 1 is 0.825 bits per heavy atom. The normalized spacial score (nSPS) is 13.6. The van der Waals surface area contributed by atoms with Gasteiger partial charge in [0.15, 0.2) is 5.76 Å². The molecule has 5 rings (SSSR count). The highest BCUT2D eigenvalue weighted by atomic mass is 32.1. The number of aliphatic imine (C=N–C) groups is 1. The van der Waals surface area contributed by atoms with Crippen LogP contribution in [-0.2, 0) is 0 Å². The number of aryl methyl sites for hydroxylation is 2. The first-order chi connectivity index (χ1) is 19.4. The summed E-state index contributed by atoms with van der Waals surface area (Å²) in [6, 6.07) is 23.1. The van der Waals surface area contributed by atoms with E-state index in [4.69, 9.17) is 21.6 Å². The van der Waals surface area contributed by atoms with Crippen molar-refractivity contribution in [2.75, 3.05) is 42.1 Å². The number of hydrogen-bond donors (Lipinski definition) is 3. The van der Waals surface area contributed by atoms with Gasteiger partial charge in [-0.25, -0.2) is 9.97 Å². The Morgan fingerprint density at radius 3 is 2.10 bits per heavy atom. The highest BCUT2D eigenvalue weighted by Crippen LogP contribution is 2.19. The van der Waals surface area contributed by atoms with Crippen molar-refractivity contribution < 1.29 is 9.21 Å². The number of nitrogens with one attached hydrogen (secondary N) is 3. The third kappa shape index (κ3) is 7.00. The first-order valence-corrected chi connectivity index (χ1v) is 13.3. The average molecular weight is 555 g/mol. The molecule has 10 nitrogen and oxygen atoms in total. The zero-order chi connectivity index (χ0) is 27.9. The highest BCUT2D eigenvalue weighted by molar-refractivity contribution is 7.80. The van der Waals surface area contributed by atoms with E-state index in [1.54, 1.807) is 17.0 Å². The van der Waals surface area contributed by atoms with E-state index in [2.05, 4.69) is 25.9 Å². The predicted octanol–water partition coefficient (Wildman–Crippen LogP) is 5.05. The Kier molecular flexibility index (Phi) is 8.31. The summed E-state index contributed by atoms with van der Waals surface area (Å²) < 4.78 is 5.28. The molecule has 0 saturated carbocycles. The molecule has 1 fully saturated rings. The van der Waals surface area contributed by atoms with Gasteiger partial charge in [0.25, 0.3) is 5.91 Å². The van der Waals surface area contributed by atoms with Crippen LogP contribution in [0.3, 0.4) is 0 Å². The Hall–Kier alpha value is -4.77. The standard InChI is InChI=1S/C29H30N8O2S/c1-20-19-21(2)31-27(30-20)34-28(37-16-14-36(15-17-37)26(38)25-9-6-18-39-25)35-29(40)33-24-12-10-23(11-13-24)32-22-7-4-3-5-8-22/h3-13,18-19,32H,14-17H2,1-2H3,(H2,30,31,33,34,35,40). The van der Waals surface area contributed by atoms with E-state index in [0.29, 0.717) is 43.8 Å². The number of furan rings is 1. The van der Waals surface area contributed by atoms with E-state index in [9.17, 15) is 4.79 Å². The van der Waals surface area contributed by atoms with Gasteiger partial charge >= 0.3 is 0 Å². The fourth-order valence-corrected chi connectivity index (χ4v) is 4.51. The summed E-state index contributed by atoms with van der Waals surface area (Å²) >= 11 is 5.61. The van der Waals surface area contributed by atoms with Crippen molar-refractivity contribution in [3.8, 4) is 0 Å². The molecule has 0 radical (unpaired) electrons. The quantitative estimate of drug-likeness (QED) is 0.177. The number of anilines is 4. The molecule has 11 heteroatoms. The van der Waals surface area contributed by atoms with E-state index in [1.165, 1.54) is 6.26 Å². The molecule has 4 aromatic rings. The Bertz CT molecular complexity index is 1460. The third-order valence-corrected chi connectivity index (χ3v) is 6.40. The zero-order valence-electron chi connectivity index (χ0n) is 22.3. The number of para-hydroxylation sites is 1. The van der Waals surface area contributed by atoms with Gasteiger partial charge in [-0.05, 0) is 80.7 Å². The second-order valence-corrected chi connectivity index (χ2v) is 9.68. The van der Waals surface area contributed by atoms with Crippen LogP contribution in [0.25, 0.3) is 0 Å². The molecular weight excluding hydrogens is 524 g/mol. The predicted molar refractivity (Wildman–Crippen MR) is 161 cm³/mol. The molecule has 0 atom stereocenters. The smallest absolute Gasteiger partial charge is 0.289 e. The number of hydrogen-bond acceptors (Lipinski definition) is 6. The van der Waals surface area contributed by atoms with Crippen LogP contribution in [-0.4, -0.2) is 62.9 Å². The van der Waals surface area contributed by atoms with Gasteiger partial charge in [-0.1, -0.05) is 18.2 Å². The van der Waals surface area contributed by atoms with Gasteiger partial charge in [-0.3, -0.25) is 10.1 Å². The third-order valence-electron chi connectivity index (χ3n) is 6.21. The number of rotatable bonds is 5. The first-order valence-electron chi connectivity index (χ1n) is 12.9. The van der Waals surface area contributed by atoms with E-state index in [1.807, 2.05) is 79.4 Å². The van der Waals surface area contributed by atoms with Crippen LogP contribution in [0.2, 0.25) is 0 Å². The second kappa shape index (κ2) is 12.4. The molecule has 3 N–H and O–H groups in total. The first kappa shape index (κ1) is 26.8. The number of thiocarbonyl (C=S) groups is 1. The van der Waals surface area contributed by atoms with Gasteiger partial charge in [0.1, 0.15) is 0 Å². The maximum Gasteiger partial charge on any atom is 0.289 e. The minimum Gasteiger partial charge on any atom is -0.459 e. The van der Waals surface area contributed by atoms with Gasteiger partial charge < -0.3 is 24.9 Å². The van der Waals surface area contributed by atoms with Gasteiger partial charge in [-0.2, -0.15) is 4.99 Å². The SMILES string of the molecule is Cc1cc(C)nc(N/C(=N/C(=S)Nc2ccc(Nc3ccccc3)cc2)N2CCN(C(=O)c3ccco3)CC2)n1. The van der Waals surface area contributed by atoms with E-state index < -0.39 is 0 Å². The van der Waals surface area contributed by atoms with Crippen LogP contribution in [0.5, 0.6) is 0 Å². The van der Waals surface area contributed by atoms with Crippen molar-refractivity contribution >= 4 is 52.2 Å². The minimum atomic E-state index is -0.129. The van der Waals surface area contributed by atoms with Crippen LogP contribution in [0.15, 0.2) is 88.5 Å². The van der Waals surface area contributed by atoms with Crippen LogP contribution in [0, 0.1) is 13.8 Å². The minimum absolute atomic E-state index is 0.129. The maximum absolute atomic E-state index is 12.7. The lowest BCUT2D eigenvalue weighted by Gasteiger charge is -2.36. The highest BCUT2D eigenvalue weighted by Gasteiger charge is 2.26. The number of nitrogens with zero attached hydrogens (tertiary/aromatic N) is 5. The molecule has 2 aromatic carbocycles. The molecule has 0 spiro atoms. The Labute approximate surface area is 238 Å². The molecule has 1 aliphatic rings. The molecule has 1 saturated heterocycles. The number of carbonyl (C=O) groups is 1. The van der Waals surface area contributed by atoms with Gasteiger partial charge in [0.2, 0.25) is 17.0 Å². The molecule has 1 amide bonds. The van der Waals surface area contributed by atoms with Crippen molar-refractivity contribution in [1.29, 1.82) is 0 Å². The van der Waals surface area contributed by atoms with Crippen molar-refractivity contribution in [1.82, 2.24) is 19.8 Å². The Balaban J connectivity index is 1.28. The lowest BCUT2D eigenvalue weighted by atomic mass is 10.2. The van der Waals surface area contributed by atoms with Crippen LogP contribution in [0.1, 0.15) is 21.9 Å². The molecule has 0 bridgehead atoms. The zero-order valence-corrected chi connectivity index (χ0v) is 23.1. The summed E-state index contributed by atoms with van der Waals surface area (Å²) in [5.74, 6) is 1.15. The topological polar surface area (TPSA) is 111 Å². The number of carbonyl (C=O) groups excluding carboxylic acids is 1. The fourth-order valence-electron chi connectivity index (χ4n) is 4.31. The summed E-state index contributed by atoms with van der Waals surface area (Å²) in [5.41, 5.74) is 4.46. The monoisotopic (exact) mass is 554 g/mol. The molecule has 2 aromatic heterocycles. The number of aromatic nitrogens is 2.